The molecule has 134 valence electrons. The molecular weight excluding hydrogens is 316 g/mol. The van der Waals surface area contributed by atoms with Crippen LogP contribution in [-0.4, -0.2) is 56.7 Å². The van der Waals surface area contributed by atoms with Crippen molar-refractivity contribution in [3.05, 3.63) is 35.9 Å². The molecule has 0 aliphatic rings. The van der Waals surface area contributed by atoms with Gasteiger partial charge in [-0.1, -0.05) is 30.3 Å². The van der Waals surface area contributed by atoms with Crippen molar-refractivity contribution in [3.8, 4) is 0 Å². The first-order valence-electron chi connectivity index (χ1n) is 7.84. The number of aliphatic hydroxyl groups is 1. The molecule has 0 amide bonds. The van der Waals surface area contributed by atoms with E-state index in [4.69, 9.17) is 24.1 Å². The lowest BCUT2D eigenvalue weighted by atomic mass is 10.2. The van der Waals surface area contributed by atoms with Crippen LogP contribution in [0.5, 0.6) is 0 Å². The van der Waals surface area contributed by atoms with Crippen LogP contribution < -0.4 is 0 Å². The van der Waals surface area contributed by atoms with Gasteiger partial charge in [-0.05, 0) is 12.0 Å². The van der Waals surface area contributed by atoms with Crippen molar-refractivity contribution in [1.82, 2.24) is 0 Å². The third-order valence-corrected chi connectivity index (χ3v) is 2.83. The van der Waals surface area contributed by atoms with E-state index in [-0.39, 0.29) is 33.0 Å². The summed E-state index contributed by atoms with van der Waals surface area (Å²) in [7, 11) is 0. The average Bonchev–Trinajstić information content (AvgIpc) is 2.61. The Hall–Kier alpha value is -1.96. The fourth-order valence-electron chi connectivity index (χ4n) is 1.65. The lowest BCUT2D eigenvalue weighted by Gasteiger charge is -2.07. The molecule has 0 heterocycles. The number of aliphatic hydroxyl groups excluding tert-OH is 1. The van der Waals surface area contributed by atoms with Crippen LogP contribution in [0.4, 0.5) is 0 Å². The molecule has 0 radical (unpaired) electrons. The summed E-state index contributed by atoms with van der Waals surface area (Å²) in [5.41, 5.74) is 0.916. The van der Waals surface area contributed by atoms with Crippen molar-refractivity contribution in [2.75, 3.05) is 39.6 Å². The highest BCUT2D eigenvalue weighted by Crippen LogP contribution is 2.00. The van der Waals surface area contributed by atoms with Crippen molar-refractivity contribution in [2.24, 2.45) is 0 Å². The van der Waals surface area contributed by atoms with Gasteiger partial charge in [0.15, 0.2) is 0 Å². The van der Waals surface area contributed by atoms with Gasteiger partial charge in [0.05, 0.1) is 13.2 Å². The summed E-state index contributed by atoms with van der Waals surface area (Å²) in [5.74, 6) is -0.900. The van der Waals surface area contributed by atoms with Gasteiger partial charge in [0, 0.05) is 19.6 Å². The number of carbonyl (C=O) groups excluding carboxylic acids is 2. The van der Waals surface area contributed by atoms with Crippen molar-refractivity contribution in [1.29, 1.82) is 0 Å². The van der Waals surface area contributed by atoms with Gasteiger partial charge >= 0.3 is 11.9 Å². The lowest BCUT2D eigenvalue weighted by molar-refractivity contribution is -0.152. The summed E-state index contributed by atoms with van der Waals surface area (Å²) in [4.78, 5) is 22.7. The molecule has 1 aromatic rings. The fourth-order valence-corrected chi connectivity index (χ4v) is 1.65. The predicted molar refractivity (Wildman–Crippen MR) is 85.2 cm³/mol. The molecule has 0 bridgehead atoms. The Morgan fingerprint density at radius 1 is 0.833 bits per heavy atom. The summed E-state index contributed by atoms with van der Waals surface area (Å²) < 4.78 is 20.1. The van der Waals surface area contributed by atoms with Gasteiger partial charge < -0.3 is 24.1 Å². The Labute approximate surface area is 141 Å². The zero-order chi connectivity index (χ0) is 17.5. The minimum atomic E-state index is -0.463. The van der Waals surface area contributed by atoms with Crippen molar-refractivity contribution >= 4 is 11.9 Å². The Morgan fingerprint density at radius 2 is 1.46 bits per heavy atom. The van der Waals surface area contributed by atoms with E-state index in [0.29, 0.717) is 26.1 Å². The molecule has 0 aliphatic carbocycles. The minimum absolute atomic E-state index is 0.0279. The largest absolute Gasteiger partial charge is 0.464 e. The summed E-state index contributed by atoms with van der Waals surface area (Å²) in [6.45, 7) is 0.787. The van der Waals surface area contributed by atoms with E-state index in [0.717, 1.165) is 5.56 Å². The van der Waals surface area contributed by atoms with E-state index < -0.39 is 11.9 Å². The average molecular weight is 340 g/mol. The molecule has 0 aliphatic heterocycles. The first-order chi connectivity index (χ1) is 11.7. The maximum absolute atomic E-state index is 11.5. The van der Waals surface area contributed by atoms with Crippen LogP contribution in [0.1, 0.15) is 18.4 Å². The van der Waals surface area contributed by atoms with Crippen LogP contribution >= 0.6 is 0 Å². The first kappa shape index (κ1) is 20.1. The van der Waals surface area contributed by atoms with E-state index >= 15 is 0 Å². The van der Waals surface area contributed by atoms with Gasteiger partial charge in [-0.15, -0.1) is 0 Å². The first-order valence-corrected chi connectivity index (χ1v) is 7.84. The molecule has 0 fully saturated rings. The molecule has 1 aromatic carbocycles. The summed E-state index contributed by atoms with van der Waals surface area (Å²) in [5, 5.41) is 8.54. The molecule has 0 unspecified atom stereocenters. The van der Waals surface area contributed by atoms with Crippen LogP contribution in [0.15, 0.2) is 30.3 Å². The smallest absolute Gasteiger partial charge is 0.332 e. The Kier molecular flexibility index (Phi) is 11.3. The lowest BCUT2D eigenvalue weighted by Crippen LogP contribution is -2.16. The highest BCUT2D eigenvalue weighted by molar-refractivity contribution is 5.71. The standard InChI is InChI=1S/C17H24O7/c18-8-4-9-21-13-16(19)23-11-5-10-22-14-17(20)24-12-15-6-2-1-3-7-15/h1-3,6-7,18H,4-5,8-14H2. The summed E-state index contributed by atoms with van der Waals surface area (Å²) in [6.07, 6.45) is 0.968. The van der Waals surface area contributed by atoms with Crippen LogP contribution in [-0.2, 0) is 35.1 Å². The second-order valence-corrected chi connectivity index (χ2v) is 4.90. The zero-order valence-electron chi connectivity index (χ0n) is 13.6. The van der Waals surface area contributed by atoms with Crippen LogP contribution in [0, 0.1) is 0 Å². The van der Waals surface area contributed by atoms with E-state index in [1.54, 1.807) is 0 Å². The number of hydrogen-bond donors (Lipinski definition) is 1. The SMILES string of the molecule is O=C(COCCCO)OCCCOCC(=O)OCc1ccccc1. The molecule has 0 spiro atoms. The maximum atomic E-state index is 11.5. The molecule has 0 atom stereocenters. The summed E-state index contributed by atoms with van der Waals surface area (Å²) >= 11 is 0. The molecule has 1 N–H and O–H groups in total. The highest BCUT2D eigenvalue weighted by Gasteiger charge is 2.05. The number of ether oxygens (including phenoxy) is 4. The van der Waals surface area contributed by atoms with E-state index in [9.17, 15) is 9.59 Å². The third kappa shape index (κ3) is 10.7. The number of carbonyl (C=O) groups is 2. The number of hydrogen-bond acceptors (Lipinski definition) is 7. The summed E-state index contributed by atoms with van der Waals surface area (Å²) in [6, 6.07) is 9.38. The van der Waals surface area contributed by atoms with E-state index in [2.05, 4.69) is 0 Å². The van der Waals surface area contributed by atoms with Gasteiger partial charge in [0.2, 0.25) is 0 Å². The number of esters is 2. The number of benzene rings is 1. The second kappa shape index (κ2) is 13.5. The van der Waals surface area contributed by atoms with Gasteiger partial charge in [-0.2, -0.15) is 0 Å². The molecule has 0 aromatic heterocycles. The minimum Gasteiger partial charge on any atom is -0.464 e. The van der Waals surface area contributed by atoms with Gasteiger partial charge in [0.1, 0.15) is 19.8 Å². The fraction of sp³-hybridized carbons (Fsp3) is 0.529. The number of rotatable bonds is 13. The van der Waals surface area contributed by atoms with Crippen LogP contribution in [0.3, 0.4) is 0 Å². The van der Waals surface area contributed by atoms with Crippen molar-refractivity contribution in [2.45, 2.75) is 19.4 Å². The molecular formula is C17H24O7. The zero-order valence-corrected chi connectivity index (χ0v) is 13.6. The monoisotopic (exact) mass is 340 g/mol. The normalized spacial score (nSPS) is 10.4. The molecule has 1 rings (SSSR count). The van der Waals surface area contributed by atoms with Crippen molar-refractivity contribution < 1.29 is 33.6 Å². The van der Waals surface area contributed by atoms with Crippen LogP contribution in [0.2, 0.25) is 0 Å². The molecule has 7 nitrogen and oxygen atoms in total. The Bertz CT molecular complexity index is 461. The predicted octanol–water partition coefficient (Wildman–Crippen LogP) is 1.08. The Balaban J connectivity index is 1.92. The van der Waals surface area contributed by atoms with Crippen molar-refractivity contribution in [3.63, 3.8) is 0 Å². The maximum Gasteiger partial charge on any atom is 0.332 e. The molecule has 0 saturated carbocycles. The highest BCUT2D eigenvalue weighted by atomic mass is 16.6. The van der Waals surface area contributed by atoms with Gasteiger partial charge in [0.25, 0.3) is 0 Å². The van der Waals surface area contributed by atoms with Gasteiger partial charge in [-0.25, -0.2) is 9.59 Å². The molecule has 24 heavy (non-hydrogen) atoms. The topological polar surface area (TPSA) is 91.3 Å². The van der Waals surface area contributed by atoms with Gasteiger partial charge in [-0.3, -0.25) is 0 Å². The van der Waals surface area contributed by atoms with E-state index in [1.165, 1.54) is 0 Å². The molecule has 7 heteroatoms. The Morgan fingerprint density at radius 3 is 2.12 bits per heavy atom. The third-order valence-electron chi connectivity index (χ3n) is 2.83. The van der Waals surface area contributed by atoms with Crippen LogP contribution in [0.25, 0.3) is 0 Å². The van der Waals surface area contributed by atoms with E-state index in [1.807, 2.05) is 30.3 Å². The quantitative estimate of drug-likeness (QED) is 0.424. The molecule has 0 saturated heterocycles. The second-order valence-electron chi connectivity index (χ2n) is 4.90.